The number of ether oxygens (including phenoxy) is 2. The number of rotatable bonds is 2. The molecule has 6 nitrogen and oxygen atoms in total. The highest BCUT2D eigenvalue weighted by Gasteiger charge is 2.19. The minimum Gasteiger partial charge on any atom is -0.454 e. The van der Waals surface area contributed by atoms with Gasteiger partial charge in [0, 0.05) is 16.6 Å². The minimum absolute atomic E-state index is 0.00240. The summed E-state index contributed by atoms with van der Waals surface area (Å²) in [6, 6.07) is 9.76. The molecule has 8 heteroatoms. The van der Waals surface area contributed by atoms with Crippen molar-refractivity contribution in [1.82, 2.24) is 4.57 Å². The second-order valence-electron chi connectivity index (χ2n) is 5.66. The molecule has 5 rings (SSSR count). The summed E-state index contributed by atoms with van der Waals surface area (Å²) < 4.78 is 13.2. The summed E-state index contributed by atoms with van der Waals surface area (Å²) >= 11 is 3.06. The molecule has 25 heavy (non-hydrogen) atoms. The second-order valence-corrected chi connectivity index (χ2v) is 7.65. The molecule has 0 fully saturated rings. The molecule has 2 aromatic heterocycles. The van der Waals surface area contributed by atoms with Gasteiger partial charge in [-0.3, -0.25) is 9.36 Å². The van der Waals surface area contributed by atoms with Gasteiger partial charge in [-0.2, -0.15) is 0 Å². The van der Waals surface area contributed by atoms with Gasteiger partial charge in [0.2, 0.25) is 6.79 Å². The van der Waals surface area contributed by atoms with Gasteiger partial charge in [-0.05, 0) is 29.7 Å². The maximum Gasteiger partial charge on any atom is 0.271 e. The largest absolute Gasteiger partial charge is 0.454 e. The number of hydrogen-bond acceptors (Lipinski definition) is 7. The Labute approximate surface area is 150 Å². The average molecular weight is 371 g/mol. The van der Waals surface area contributed by atoms with Crippen molar-refractivity contribution in [2.75, 3.05) is 18.4 Å². The number of fused-ring (bicyclic) bond motifs is 2. The molecule has 4 heterocycles. The normalized spacial score (nSPS) is 16.0. The molecule has 0 unspecified atom stereocenters. The Bertz CT molecular complexity index is 1120. The van der Waals surface area contributed by atoms with E-state index in [0.29, 0.717) is 17.9 Å². The predicted molar refractivity (Wildman–Crippen MR) is 97.2 cm³/mol. The van der Waals surface area contributed by atoms with Crippen LogP contribution in [0.3, 0.4) is 0 Å². The summed E-state index contributed by atoms with van der Waals surface area (Å²) in [5, 5.41) is 2.00. The molecule has 0 bridgehead atoms. The Kier molecular flexibility index (Phi) is 3.39. The smallest absolute Gasteiger partial charge is 0.271 e. The van der Waals surface area contributed by atoms with Crippen LogP contribution < -0.4 is 29.3 Å². The molecule has 0 spiro atoms. The fraction of sp³-hybridized carbons (Fsp3) is 0.176. The van der Waals surface area contributed by atoms with Gasteiger partial charge in [-0.15, -0.1) is 11.3 Å². The standard InChI is InChI=1S/C17H13N3O3S2/c21-16-15(7-12-2-1-5-24-12)25-17-18-8-19(9-20(16)17)11-3-4-13-14(6-11)23-10-22-13/h1-7H,8-10H2. The number of hydrogen-bond donors (Lipinski definition) is 0. The van der Waals surface area contributed by atoms with Crippen LogP contribution in [0.1, 0.15) is 4.88 Å². The number of aromatic nitrogens is 1. The van der Waals surface area contributed by atoms with Crippen LogP contribution in [0.5, 0.6) is 11.5 Å². The maximum atomic E-state index is 12.7. The van der Waals surface area contributed by atoms with E-state index in [0.717, 1.165) is 26.9 Å². The van der Waals surface area contributed by atoms with E-state index in [1.165, 1.54) is 11.3 Å². The summed E-state index contributed by atoms with van der Waals surface area (Å²) in [5.74, 6) is 1.48. The molecular formula is C17H13N3O3S2. The van der Waals surface area contributed by atoms with Gasteiger partial charge >= 0.3 is 0 Å². The molecule has 0 amide bonds. The minimum atomic E-state index is 0.00240. The van der Waals surface area contributed by atoms with Crippen molar-refractivity contribution in [1.29, 1.82) is 0 Å². The van der Waals surface area contributed by atoms with Gasteiger partial charge in [-0.25, -0.2) is 4.99 Å². The maximum absolute atomic E-state index is 12.7. The van der Waals surface area contributed by atoms with Crippen LogP contribution in [-0.2, 0) is 6.67 Å². The highest BCUT2D eigenvalue weighted by molar-refractivity contribution is 7.11. The average Bonchev–Trinajstić information content (AvgIpc) is 3.36. The van der Waals surface area contributed by atoms with E-state index in [1.807, 2.05) is 46.7 Å². The van der Waals surface area contributed by atoms with Crippen LogP contribution in [0.15, 0.2) is 45.5 Å². The van der Waals surface area contributed by atoms with E-state index in [1.54, 1.807) is 15.9 Å². The van der Waals surface area contributed by atoms with Crippen LogP contribution in [-0.4, -0.2) is 18.0 Å². The van der Waals surface area contributed by atoms with Crippen molar-refractivity contribution in [2.24, 2.45) is 4.99 Å². The van der Waals surface area contributed by atoms with Gasteiger partial charge in [-0.1, -0.05) is 17.4 Å². The first-order valence-electron chi connectivity index (χ1n) is 7.72. The fourth-order valence-electron chi connectivity index (χ4n) is 2.86. The summed E-state index contributed by atoms with van der Waals surface area (Å²) in [6.45, 7) is 1.24. The van der Waals surface area contributed by atoms with E-state index in [9.17, 15) is 4.79 Å². The third-order valence-electron chi connectivity index (χ3n) is 4.11. The number of nitrogens with zero attached hydrogens (tertiary/aromatic N) is 3. The van der Waals surface area contributed by atoms with Gasteiger partial charge in [0.25, 0.3) is 5.56 Å². The van der Waals surface area contributed by atoms with E-state index in [4.69, 9.17) is 9.47 Å². The first kappa shape index (κ1) is 14.7. The zero-order valence-electron chi connectivity index (χ0n) is 13.0. The third-order valence-corrected chi connectivity index (χ3v) is 5.98. The Morgan fingerprint density at radius 3 is 3.00 bits per heavy atom. The highest BCUT2D eigenvalue weighted by atomic mass is 32.1. The fourth-order valence-corrected chi connectivity index (χ4v) is 4.54. The van der Waals surface area contributed by atoms with E-state index < -0.39 is 0 Å². The lowest BCUT2D eigenvalue weighted by atomic mass is 10.2. The Hall–Kier alpha value is -2.58. The van der Waals surface area contributed by atoms with Crippen LogP contribution >= 0.6 is 22.7 Å². The predicted octanol–water partition coefficient (Wildman–Crippen LogP) is 1.58. The zero-order valence-corrected chi connectivity index (χ0v) is 14.7. The number of thiophene rings is 1. The third kappa shape index (κ3) is 2.54. The van der Waals surface area contributed by atoms with Crippen molar-refractivity contribution in [2.45, 2.75) is 6.67 Å². The van der Waals surface area contributed by atoms with Gasteiger partial charge in [0.1, 0.15) is 13.3 Å². The zero-order chi connectivity index (χ0) is 16.8. The Morgan fingerprint density at radius 2 is 2.12 bits per heavy atom. The van der Waals surface area contributed by atoms with Crippen LogP contribution in [0.2, 0.25) is 0 Å². The first-order valence-corrected chi connectivity index (χ1v) is 9.41. The summed E-state index contributed by atoms with van der Waals surface area (Å²) in [5.41, 5.74) is 0.961. The van der Waals surface area contributed by atoms with Gasteiger partial charge in [0.15, 0.2) is 16.3 Å². The first-order chi connectivity index (χ1) is 12.3. The van der Waals surface area contributed by atoms with Crippen molar-refractivity contribution in [3.63, 3.8) is 0 Å². The van der Waals surface area contributed by atoms with E-state index in [2.05, 4.69) is 4.99 Å². The molecule has 0 radical (unpaired) electrons. The topological polar surface area (TPSA) is 56.1 Å². The SMILES string of the molecule is O=c1c(=Cc2cccs2)sc2n1CN(c1ccc3c(c1)OCO3)CN=2. The second kappa shape index (κ2) is 5.75. The summed E-state index contributed by atoms with van der Waals surface area (Å²) in [7, 11) is 0. The lowest BCUT2D eigenvalue weighted by molar-refractivity contribution is 0.174. The summed E-state index contributed by atoms with van der Waals surface area (Å²) in [6.07, 6.45) is 1.93. The molecule has 126 valence electrons. The van der Waals surface area contributed by atoms with Crippen molar-refractivity contribution >= 4 is 34.4 Å². The number of benzene rings is 1. The van der Waals surface area contributed by atoms with E-state index in [-0.39, 0.29) is 12.4 Å². The van der Waals surface area contributed by atoms with Crippen molar-refractivity contribution in [3.8, 4) is 11.5 Å². The molecule has 0 saturated carbocycles. The highest BCUT2D eigenvalue weighted by Crippen LogP contribution is 2.35. The van der Waals surface area contributed by atoms with Crippen LogP contribution in [0.25, 0.3) is 6.08 Å². The molecule has 2 aliphatic rings. The molecule has 0 saturated heterocycles. The Balaban J connectivity index is 1.51. The quantitative estimate of drug-likeness (QED) is 0.686. The molecular weight excluding hydrogens is 358 g/mol. The van der Waals surface area contributed by atoms with Gasteiger partial charge in [0.05, 0.1) is 4.53 Å². The lowest BCUT2D eigenvalue weighted by Gasteiger charge is -2.25. The van der Waals surface area contributed by atoms with E-state index >= 15 is 0 Å². The van der Waals surface area contributed by atoms with Crippen molar-refractivity contribution in [3.05, 3.63) is 60.3 Å². The monoisotopic (exact) mass is 371 g/mol. The van der Waals surface area contributed by atoms with Gasteiger partial charge < -0.3 is 14.4 Å². The molecule has 0 N–H and O–H groups in total. The molecule has 3 aromatic rings. The molecule has 0 atom stereocenters. The lowest BCUT2D eigenvalue weighted by Crippen LogP contribution is -2.42. The van der Waals surface area contributed by atoms with Crippen molar-refractivity contribution < 1.29 is 9.47 Å². The van der Waals surface area contributed by atoms with Crippen LogP contribution in [0, 0.1) is 0 Å². The van der Waals surface area contributed by atoms with Crippen LogP contribution in [0.4, 0.5) is 5.69 Å². The number of thiazole rings is 1. The molecule has 1 aromatic carbocycles. The molecule has 2 aliphatic heterocycles. The Morgan fingerprint density at radius 1 is 1.20 bits per heavy atom. The molecule has 0 aliphatic carbocycles. The number of anilines is 1. The summed E-state index contributed by atoms with van der Waals surface area (Å²) in [4.78, 5) is 21.2.